The normalized spacial score (nSPS) is 13.7. The molecule has 194 valence electrons. The molecule has 0 aliphatic carbocycles. The van der Waals surface area contributed by atoms with Crippen LogP contribution in [0.15, 0.2) is 60.7 Å². The molecule has 0 saturated heterocycles. The summed E-state index contributed by atoms with van der Waals surface area (Å²) in [4.78, 5) is 2.27. The summed E-state index contributed by atoms with van der Waals surface area (Å²) in [5.74, 6) is 1.10. The predicted molar refractivity (Wildman–Crippen MR) is 161 cm³/mol. The molecule has 0 amide bonds. The highest BCUT2D eigenvalue weighted by atomic mass is 31.1. The van der Waals surface area contributed by atoms with Gasteiger partial charge in [-0.2, -0.15) is 0 Å². The summed E-state index contributed by atoms with van der Waals surface area (Å²) in [6, 6.07) is 22.3. The molecule has 0 aromatic heterocycles. The van der Waals surface area contributed by atoms with Crippen molar-refractivity contribution in [3.63, 3.8) is 0 Å². The number of nitrogens with zero attached hydrogens (tertiary/aromatic N) is 1. The fraction of sp³-hybridized carbons (Fsp3) is 0.455. The van der Waals surface area contributed by atoms with E-state index in [0.29, 0.717) is 15.2 Å². The number of anilines is 1. The summed E-state index contributed by atoms with van der Waals surface area (Å²) in [6.07, 6.45) is 3.35. The van der Waals surface area contributed by atoms with Crippen LogP contribution in [0.25, 0.3) is 0 Å². The quantitative estimate of drug-likeness (QED) is 0.257. The third-order valence-corrected chi connectivity index (χ3v) is 9.12. The molecule has 36 heavy (non-hydrogen) atoms. The molecule has 3 aromatic rings. The largest absolute Gasteiger partial charge is 0.488 e. The molecule has 0 N–H and O–H groups in total. The molecule has 0 radical (unpaired) electrons. The van der Waals surface area contributed by atoms with Gasteiger partial charge in [0.1, 0.15) is 12.4 Å². The van der Waals surface area contributed by atoms with Crippen LogP contribution in [-0.4, -0.2) is 14.1 Å². The SMILES string of the molecule is CCCC(CC)(Pc1ccc(C)cc1N(C)C)c1cc(C)cc(C(C)(C)C)c1OCc1ccccc1. The minimum absolute atomic E-state index is 0.0136. The first-order valence-corrected chi connectivity index (χ1v) is 14.4. The van der Waals surface area contributed by atoms with Gasteiger partial charge in [-0.1, -0.05) is 110 Å². The molecule has 3 heteroatoms. The van der Waals surface area contributed by atoms with Crippen molar-refractivity contribution in [2.75, 3.05) is 19.0 Å². The van der Waals surface area contributed by atoms with Crippen LogP contribution in [0.2, 0.25) is 0 Å². The fourth-order valence-electron chi connectivity index (χ4n) is 5.09. The van der Waals surface area contributed by atoms with E-state index in [4.69, 9.17) is 4.74 Å². The Balaban J connectivity index is 2.22. The summed E-state index contributed by atoms with van der Waals surface area (Å²) >= 11 is 0. The Labute approximate surface area is 222 Å². The molecular weight excluding hydrogens is 457 g/mol. The van der Waals surface area contributed by atoms with Crippen molar-refractivity contribution in [3.05, 3.63) is 88.5 Å². The summed E-state index contributed by atoms with van der Waals surface area (Å²) in [6.45, 7) is 16.6. The number of hydrogen-bond donors (Lipinski definition) is 0. The maximum atomic E-state index is 6.82. The molecule has 2 atom stereocenters. The van der Waals surface area contributed by atoms with Crippen LogP contribution in [0.3, 0.4) is 0 Å². The average Bonchev–Trinajstić information content (AvgIpc) is 2.83. The second kappa shape index (κ2) is 11.8. The Hall–Kier alpha value is -2.31. The molecule has 3 rings (SSSR count). The molecule has 2 unspecified atom stereocenters. The first-order chi connectivity index (χ1) is 17.0. The van der Waals surface area contributed by atoms with Crippen molar-refractivity contribution in [2.24, 2.45) is 0 Å². The van der Waals surface area contributed by atoms with Crippen LogP contribution >= 0.6 is 8.58 Å². The van der Waals surface area contributed by atoms with E-state index in [9.17, 15) is 0 Å². The van der Waals surface area contributed by atoms with E-state index in [1.807, 2.05) is 0 Å². The highest BCUT2D eigenvalue weighted by Gasteiger charge is 2.36. The molecule has 0 aliphatic heterocycles. The molecule has 3 aromatic carbocycles. The lowest BCUT2D eigenvalue weighted by atomic mass is 9.80. The number of rotatable bonds is 10. The van der Waals surface area contributed by atoms with E-state index >= 15 is 0 Å². The van der Waals surface area contributed by atoms with Crippen LogP contribution in [-0.2, 0) is 17.2 Å². The standard InChI is InChI=1S/C33H46NOP/c1-10-19-33(11-2,36-30-18-17-24(3)22-29(30)34(8)9)28-21-25(4)20-27(32(5,6)7)31(28)35-23-26-15-13-12-14-16-26/h12-18,20-22,36H,10-11,19,23H2,1-9H3. The first kappa shape index (κ1) is 28.3. The van der Waals surface area contributed by atoms with Crippen molar-refractivity contribution in [1.82, 2.24) is 0 Å². The molecule has 0 bridgehead atoms. The second-order valence-electron chi connectivity index (χ2n) is 11.4. The van der Waals surface area contributed by atoms with Crippen molar-refractivity contribution in [3.8, 4) is 5.75 Å². The smallest absolute Gasteiger partial charge is 0.127 e. The third-order valence-electron chi connectivity index (χ3n) is 7.07. The van der Waals surface area contributed by atoms with Crippen molar-refractivity contribution in [1.29, 1.82) is 0 Å². The topological polar surface area (TPSA) is 12.5 Å². The molecule has 0 heterocycles. The summed E-state index contributed by atoms with van der Waals surface area (Å²) < 4.78 is 6.82. The molecule has 2 nitrogen and oxygen atoms in total. The minimum Gasteiger partial charge on any atom is -0.488 e. The van der Waals surface area contributed by atoms with Gasteiger partial charge in [0.05, 0.1) is 0 Å². The van der Waals surface area contributed by atoms with Crippen LogP contribution in [0.4, 0.5) is 5.69 Å². The summed E-state index contributed by atoms with van der Waals surface area (Å²) in [5.41, 5.74) is 7.84. The van der Waals surface area contributed by atoms with Gasteiger partial charge in [0.25, 0.3) is 0 Å². The number of ether oxygens (including phenoxy) is 1. The average molecular weight is 504 g/mol. The van der Waals surface area contributed by atoms with Crippen LogP contribution in [0.5, 0.6) is 5.75 Å². The van der Waals surface area contributed by atoms with Crippen LogP contribution in [0.1, 0.15) is 81.7 Å². The number of benzene rings is 3. The van der Waals surface area contributed by atoms with Gasteiger partial charge in [-0.3, -0.25) is 0 Å². The van der Waals surface area contributed by atoms with Crippen molar-refractivity contribution < 1.29 is 4.74 Å². The number of aryl methyl sites for hydroxylation is 2. The molecular formula is C33H46NOP. The first-order valence-electron chi connectivity index (χ1n) is 13.4. The van der Waals surface area contributed by atoms with E-state index in [2.05, 4.69) is 128 Å². The third kappa shape index (κ3) is 6.51. The van der Waals surface area contributed by atoms with E-state index in [0.717, 1.165) is 25.0 Å². The summed E-state index contributed by atoms with van der Waals surface area (Å²) in [7, 11) is 4.98. The zero-order chi connectivity index (χ0) is 26.5. The number of hydrogen-bond acceptors (Lipinski definition) is 2. The van der Waals surface area contributed by atoms with Gasteiger partial charge in [-0.25, -0.2) is 0 Å². The van der Waals surface area contributed by atoms with Gasteiger partial charge in [-0.05, 0) is 54.6 Å². The molecule has 0 fully saturated rings. The lowest BCUT2D eigenvalue weighted by Crippen LogP contribution is -2.27. The molecule has 0 spiro atoms. The van der Waals surface area contributed by atoms with Gasteiger partial charge in [0.15, 0.2) is 0 Å². The maximum Gasteiger partial charge on any atom is 0.127 e. The van der Waals surface area contributed by atoms with E-state index < -0.39 is 0 Å². The van der Waals surface area contributed by atoms with E-state index in [1.165, 1.54) is 38.8 Å². The Kier molecular flexibility index (Phi) is 9.28. The monoisotopic (exact) mass is 503 g/mol. The van der Waals surface area contributed by atoms with Crippen molar-refractivity contribution in [2.45, 2.75) is 84.9 Å². The van der Waals surface area contributed by atoms with E-state index in [1.54, 1.807) is 0 Å². The van der Waals surface area contributed by atoms with Crippen LogP contribution in [0, 0.1) is 13.8 Å². The molecule has 0 saturated carbocycles. The Morgan fingerprint density at radius 1 is 0.833 bits per heavy atom. The van der Waals surface area contributed by atoms with E-state index in [-0.39, 0.29) is 10.6 Å². The predicted octanol–water partition coefficient (Wildman–Crippen LogP) is 8.66. The maximum absolute atomic E-state index is 6.82. The Morgan fingerprint density at radius 2 is 1.50 bits per heavy atom. The zero-order valence-corrected chi connectivity index (χ0v) is 25.0. The van der Waals surface area contributed by atoms with Gasteiger partial charge in [0.2, 0.25) is 0 Å². The zero-order valence-electron chi connectivity index (χ0n) is 24.0. The summed E-state index contributed by atoms with van der Waals surface area (Å²) in [5, 5.41) is 1.46. The van der Waals surface area contributed by atoms with Gasteiger partial charge < -0.3 is 9.64 Å². The van der Waals surface area contributed by atoms with Gasteiger partial charge in [0, 0.05) is 36.1 Å². The van der Waals surface area contributed by atoms with Gasteiger partial charge in [-0.15, -0.1) is 0 Å². The fourth-order valence-corrected chi connectivity index (χ4v) is 7.07. The molecule has 0 aliphatic rings. The minimum atomic E-state index is -0.0136. The Bertz CT molecular complexity index is 1150. The van der Waals surface area contributed by atoms with Crippen molar-refractivity contribution >= 4 is 19.6 Å². The Morgan fingerprint density at radius 3 is 2.08 bits per heavy atom. The highest BCUT2D eigenvalue weighted by molar-refractivity contribution is 7.49. The van der Waals surface area contributed by atoms with Crippen LogP contribution < -0.4 is 14.9 Å². The lowest BCUT2D eigenvalue weighted by Gasteiger charge is -2.38. The lowest BCUT2D eigenvalue weighted by molar-refractivity contribution is 0.289. The van der Waals surface area contributed by atoms with Gasteiger partial charge >= 0.3 is 0 Å². The highest BCUT2D eigenvalue weighted by Crippen LogP contribution is 2.54. The second-order valence-corrected chi connectivity index (χ2v) is 13.2.